The predicted molar refractivity (Wildman–Crippen MR) is 81.9 cm³/mol. The first-order valence-corrected chi connectivity index (χ1v) is 8.52. The van der Waals surface area contributed by atoms with Crippen molar-refractivity contribution in [2.45, 2.75) is 32.0 Å². The highest BCUT2D eigenvalue weighted by Crippen LogP contribution is 2.15. The molecule has 2 rings (SSSR count). The Bertz CT molecular complexity index is 550. The Morgan fingerprint density at radius 2 is 2.05 bits per heavy atom. The number of hydrogen-bond acceptors (Lipinski definition) is 4. The van der Waals surface area contributed by atoms with Crippen molar-refractivity contribution in [3.05, 3.63) is 35.9 Å². The van der Waals surface area contributed by atoms with E-state index < -0.39 is 10.2 Å². The van der Waals surface area contributed by atoms with Gasteiger partial charge in [0.2, 0.25) is 0 Å². The van der Waals surface area contributed by atoms with Gasteiger partial charge in [0.25, 0.3) is 10.2 Å². The molecule has 1 heterocycles. The van der Waals surface area contributed by atoms with E-state index in [0.717, 1.165) is 5.56 Å². The average molecular weight is 313 g/mol. The Balaban J connectivity index is 1.98. The van der Waals surface area contributed by atoms with E-state index in [-0.39, 0.29) is 24.7 Å². The Kier molecular flexibility index (Phi) is 5.34. The Morgan fingerprint density at radius 1 is 1.38 bits per heavy atom. The van der Waals surface area contributed by atoms with Crippen LogP contribution in [0.3, 0.4) is 0 Å². The van der Waals surface area contributed by atoms with Crippen LogP contribution < -0.4 is 10.5 Å². The van der Waals surface area contributed by atoms with Crippen molar-refractivity contribution in [2.24, 2.45) is 5.73 Å². The normalized spacial score (nSPS) is 25.7. The zero-order valence-corrected chi connectivity index (χ0v) is 13.2. The first kappa shape index (κ1) is 16.4. The molecule has 0 spiro atoms. The highest BCUT2D eigenvalue weighted by molar-refractivity contribution is 7.87. The van der Waals surface area contributed by atoms with Gasteiger partial charge in [-0.3, -0.25) is 0 Å². The summed E-state index contributed by atoms with van der Waals surface area (Å²) in [5.74, 6) is 0. The van der Waals surface area contributed by atoms with Crippen molar-refractivity contribution in [1.82, 2.24) is 9.03 Å². The number of nitrogens with zero attached hydrogens (tertiary/aromatic N) is 1. The second-order valence-electron chi connectivity index (χ2n) is 5.43. The summed E-state index contributed by atoms with van der Waals surface area (Å²) in [5.41, 5.74) is 6.93. The van der Waals surface area contributed by atoms with Crippen molar-refractivity contribution in [1.29, 1.82) is 0 Å². The van der Waals surface area contributed by atoms with Crippen molar-refractivity contribution in [2.75, 3.05) is 19.7 Å². The van der Waals surface area contributed by atoms with Crippen LogP contribution in [0.2, 0.25) is 0 Å². The van der Waals surface area contributed by atoms with E-state index >= 15 is 0 Å². The number of benzene rings is 1. The predicted octanol–water partition coefficient (Wildman–Crippen LogP) is 0.630. The molecule has 0 radical (unpaired) electrons. The van der Waals surface area contributed by atoms with Crippen LogP contribution in [-0.2, 0) is 14.9 Å². The van der Waals surface area contributed by atoms with Crippen molar-refractivity contribution >= 4 is 10.2 Å². The fraction of sp³-hybridized carbons (Fsp3) is 0.571. The van der Waals surface area contributed by atoms with Gasteiger partial charge in [-0.1, -0.05) is 30.3 Å². The molecular formula is C14H23N3O3S. The van der Waals surface area contributed by atoms with Gasteiger partial charge >= 0.3 is 0 Å². The standard InChI is InChI=1S/C14H23N3O3S/c1-11-10-20-12(2)9-17(11)21(18,19)16-8-14(15)13-6-4-3-5-7-13/h3-7,11-12,14,16H,8-10,15H2,1-2H3/t11-,12-,14+/m1/s1. The van der Waals surface area contributed by atoms with Crippen LogP contribution >= 0.6 is 0 Å². The van der Waals surface area contributed by atoms with Gasteiger partial charge in [-0.15, -0.1) is 0 Å². The monoisotopic (exact) mass is 313 g/mol. The van der Waals surface area contributed by atoms with Crippen LogP contribution in [0, 0.1) is 0 Å². The summed E-state index contributed by atoms with van der Waals surface area (Å²) >= 11 is 0. The summed E-state index contributed by atoms with van der Waals surface area (Å²) in [6, 6.07) is 8.90. The quantitative estimate of drug-likeness (QED) is 0.835. The molecule has 0 aromatic heterocycles. The average Bonchev–Trinajstić information content (AvgIpc) is 2.48. The van der Waals surface area contributed by atoms with Crippen LogP contribution in [0.1, 0.15) is 25.5 Å². The van der Waals surface area contributed by atoms with Crippen molar-refractivity contribution < 1.29 is 13.2 Å². The maximum atomic E-state index is 12.4. The van der Waals surface area contributed by atoms with Crippen LogP contribution in [0.25, 0.3) is 0 Å². The zero-order chi connectivity index (χ0) is 15.5. The molecule has 1 saturated heterocycles. The zero-order valence-electron chi connectivity index (χ0n) is 12.4. The molecule has 1 fully saturated rings. The molecule has 0 saturated carbocycles. The summed E-state index contributed by atoms with van der Waals surface area (Å²) in [7, 11) is -3.55. The highest BCUT2D eigenvalue weighted by atomic mass is 32.2. The van der Waals surface area contributed by atoms with E-state index in [9.17, 15) is 8.42 Å². The number of nitrogens with one attached hydrogen (secondary N) is 1. The molecule has 0 amide bonds. The topological polar surface area (TPSA) is 84.7 Å². The summed E-state index contributed by atoms with van der Waals surface area (Å²) in [6.07, 6.45) is -0.0967. The van der Waals surface area contributed by atoms with Gasteiger partial charge in [-0.05, 0) is 19.4 Å². The number of nitrogens with two attached hydrogens (primary N) is 1. The molecule has 1 aromatic carbocycles. The molecule has 0 bridgehead atoms. The summed E-state index contributed by atoms with van der Waals surface area (Å²) < 4.78 is 34.3. The molecule has 1 aliphatic rings. The van der Waals surface area contributed by atoms with Crippen molar-refractivity contribution in [3.63, 3.8) is 0 Å². The lowest BCUT2D eigenvalue weighted by Crippen LogP contribution is -2.54. The number of ether oxygens (including phenoxy) is 1. The summed E-state index contributed by atoms with van der Waals surface area (Å²) in [6.45, 7) is 4.64. The number of morpholine rings is 1. The molecule has 0 unspecified atom stereocenters. The second kappa shape index (κ2) is 6.85. The minimum atomic E-state index is -3.55. The first-order valence-electron chi connectivity index (χ1n) is 7.08. The summed E-state index contributed by atoms with van der Waals surface area (Å²) in [4.78, 5) is 0. The fourth-order valence-corrected chi connectivity index (χ4v) is 3.80. The minimum Gasteiger partial charge on any atom is -0.375 e. The minimum absolute atomic E-state index is 0.0967. The van der Waals surface area contributed by atoms with Crippen LogP contribution in [0.15, 0.2) is 30.3 Å². The Hall–Kier alpha value is -0.990. The first-order chi connectivity index (χ1) is 9.90. The number of hydrogen-bond donors (Lipinski definition) is 2. The molecule has 118 valence electrons. The van der Waals surface area contributed by atoms with E-state index in [1.807, 2.05) is 44.2 Å². The third-order valence-corrected chi connectivity index (χ3v) is 5.23. The van der Waals surface area contributed by atoms with Gasteiger partial charge in [-0.25, -0.2) is 4.72 Å². The van der Waals surface area contributed by atoms with Crippen LogP contribution in [0.4, 0.5) is 0 Å². The maximum absolute atomic E-state index is 12.4. The van der Waals surface area contributed by atoms with E-state index in [1.54, 1.807) is 0 Å². The van der Waals surface area contributed by atoms with Gasteiger partial charge in [0.1, 0.15) is 0 Å². The van der Waals surface area contributed by atoms with Gasteiger partial charge in [0.05, 0.1) is 12.7 Å². The van der Waals surface area contributed by atoms with Crippen molar-refractivity contribution in [3.8, 4) is 0 Å². The Morgan fingerprint density at radius 3 is 2.71 bits per heavy atom. The third kappa shape index (κ3) is 4.24. The molecule has 6 nitrogen and oxygen atoms in total. The molecule has 0 aliphatic carbocycles. The van der Waals surface area contributed by atoms with E-state index in [1.165, 1.54) is 4.31 Å². The maximum Gasteiger partial charge on any atom is 0.279 e. The van der Waals surface area contributed by atoms with Gasteiger partial charge in [-0.2, -0.15) is 12.7 Å². The lowest BCUT2D eigenvalue weighted by Gasteiger charge is -2.35. The molecule has 7 heteroatoms. The van der Waals surface area contributed by atoms with Gasteiger partial charge < -0.3 is 10.5 Å². The van der Waals surface area contributed by atoms with Gasteiger partial charge in [0, 0.05) is 25.2 Å². The lowest BCUT2D eigenvalue weighted by atomic mass is 10.1. The lowest BCUT2D eigenvalue weighted by molar-refractivity contribution is -0.0175. The smallest absolute Gasteiger partial charge is 0.279 e. The molecule has 3 N–H and O–H groups in total. The van der Waals surface area contributed by atoms with E-state index in [4.69, 9.17) is 10.5 Å². The molecule has 1 aromatic rings. The van der Waals surface area contributed by atoms with E-state index in [0.29, 0.717) is 13.2 Å². The SMILES string of the molecule is C[C@@H]1CN(S(=O)(=O)NC[C@H](N)c2ccccc2)[C@H](C)CO1. The largest absolute Gasteiger partial charge is 0.375 e. The molecular weight excluding hydrogens is 290 g/mol. The highest BCUT2D eigenvalue weighted by Gasteiger charge is 2.32. The summed E-state index contributed by atoms with van der Waals surface area (Å²) in [5, 5.41) is 0. The molecule has 3 atom stereocenters. The second-order valence-corrected chi connectivity index (χ2v) is 7.14. The van der Waals surface area contributed by atoms with Crippen LogP contribution in [-0.4, -0.2) is 44.6 Å². The number of rotatable bonds is 5. The Labute approximate surface area is 126 Å². The van der Waals surface area contributed by atoms with Crippen LogP contribution in [0.5, 0.6) is 0 Å². The fourth-order valence-electron chi connectivity index (χ4n) is 2.30. The van der Waals surface area contributed by atoms with Gasteiger partial charge in [0.15, 0.2) is 0 Å². The van der Waals surface area contributed by atoms with E-state index in [2.05, 4.69) is 4.72 Å². The molecule has 1 aliphatic heterocycles. The molecule has 21 heavy (non-hydrogen) atoms. The third-order valence-electron chi connectivity index (χ3n) is 3.57.